The summed E-state index contributed by atoms with van der Waals surface area (Å²) in [5, 5.41) is 0.527. The maximum absolute atomic E-state index is 12.7. The first-order chi connectivity index (χ1) is 14.5. The summed E-state index contributed by atoms with van der Waals surface area (Å²) in [7, 11) is 1.34. The number of benzene rings is 2. The smallest absolute Gasteiger partial charge is 0.469 e. The molecule has 9 heteroatoms. The van der Waals surface area contributed by atoms with Gasteiger partial charge >= 0.3 is 12.3 Å². The van der Waals surface area contributed by atoms with Gasteiger partial charge in [0.05, 0.1) is 18.5 Å². The van der Waals surface area contributed by atoms with Crippen molar-refractivity contribution in [1.29, 1.82) is 0 Å². The number of nitrogens with two attached hydrogens (primary N) is 1. The average molecular weight is 432 g/mol. The Morgan fingerprint density at radius 1 is 1.16 bits per heavy atom. The number of rotatable bonds is 5. The van der Waals surface area contributed by atoms with Gasteiger partial charge in [0.15, 0.2) is 0 Å². The fourth-order valence-electron chi connectivity index (χ4n) is 4.01. The third-order valence-electron chi connectivity index (χ3n) is 5.75. The van der Waals surface area contributed by atoms with Crippen molar-refractivity contribution in [1.82, 2.24) is 4.57 Å². The third-order valence-corrected chi connectivity index (χ3v) is 5.75. The van der Waals surface area contributed by atoms with E-state index in [1.807, 2.05) is 13.0 Å². The van der Waals surface area contributed by atoms with Crippen LogP contribution in [0, 0.1) is 5.92 Å². The SMILES string of the molecule is COC(=O)C1CC1(C)c1cccc(-n2c(C(N)=O)cc3ccc(OC(F)(F)F)cc32)c1. The third kappa shape index (κ3) is 3.71. The predicted molar refractivity (Wildman–Crippen MR) is 106 cm³/mol. The molecule has 1 aliphatic carbocycles. The number of primary amides is 1. The number of carbonyl (C=O) groups excluding carboxylic acids is 2. The Bertz CT molecular complexity index is 1200. The summed E-state index contributed by atoms with van der Waals surface area (Å²) in [5.74, 6) is -1.72. The highest BCUT2D eigenvalue weighted by atomic mass is 19.4. The number of hydrogen-bond donors (Lipinski definition) is 1. The number of methoxy groups -OCH3 is 1. The minimum absolute atomic E-state index is 0.113. The Labute approximate surface area is 175 Å². The molecular weight excluding hydrogens is 413 g/mol. The van der Waals surface area contributed by atoms with Crippen LogP contribution in [0.2, 0.25) is 0 Å². The van der Waals surface area contributed by atoms with Crippen LogP contribution >= 0.6 is 0 Å². The van der Waals surface area contributed by atoms with Crippen molar-refractivity contribution in [2.45, 2.75) is 25.1 Å². The largest absolute Gasteiger partial charge is 0.573 e. The summed E-state index contributed by atoms with van der Waals surface area (Å²) >= 11 is 0. The van der Waals surface area contributed by atoms with E-state index in [4.69, 9.17) is 10.5 Å². The number of nitrogens with zero attached hydrogens (tertiary/aromatic N) is 1. The van der Waals surface area contributed by atoms with Crippen molar-refractivity contribution in [3.63, 3.8) is 0 Å². The summed E-state index contributed by atoms with van der Waals surface area (Å²) in [4.78, 5) is 24.0. The zero-order chi connectivity index (χ0) is 22.6. The molecule has 162 valence electrons. The van der Waals surface area contributed by atoms with Gasteiger partial charge in [-0.05, 0) is 42.3 Å². The normalized spacial score (nSPS) is 20.5. The second kappa shape index (κ2) is 7.04. The lowest BCUT2D eigenvalue weighted by molar-refractivity contribution is -0.274. The molecule has 0 saturated heterocycles. The fraction of sp³-hybridized carbons (Fsp3) is 0.273. The number of hydrogen-bond acceptors (Lipinski definition) is 4. The molecule has 1 aliphatic rings. The summed E-state index contributed by atoms with van der Waals surface area (Å²) in [6, 6.07) is 12.5. The van der Waals surface area contributed by atoms with E-state index in [0.29, 0.717) is 23.0 Å². The Morgan fingerprint density at radius 2 is 1.90 bits per heavy atom. The maximum atomic E-state index is 12.7. The van der Waals surface area contributed by atoms with Crippen molar-refractivity contribution >= 4 is 22.8 Å². The number of ether oxygens (including phenoxy) is 2. The molecule has 1 aromatic heterocycles. The number of fused-ring (bicyclic) bond motifs is 1. The quantitative estimate of drug-likeness (QED) is 0.616. The van der Waals surface area contributed by atoms with E-state index >= 15 is 0 Å². The van der Waals surface area contributed by atoms with E-state index in [0.717, 1.165) is 5.56 Å². The van der Waals surface area contributed by atoms with E-state index in [1.165, 1.54) is 35.9 Å². The first-order valence-corrected chi connectivity index (χ1v) is 9.43. The van der Waals surface area contributed by atoms with Gasteiger partial charge in [0, 0.05) is 22.6 Å². The van der Waals surface area contributed by atoms with Crippen LogP contribution < -0.4 is 10.5 Å². The zero-order valence-corrected chi connectivity index (χ0v) is 16.7. The molecule has 0 spiro atoms. The van der Waals surface area contributed by atoms with E-state index in [1.54, 1.807) is 18.2 Å². The van der Waals surface area contributed by atoms with Crippen molar-refractivity contribution in [2.24, 2.45) is 11.7 Å². The topological polar surface area (TPSA) is 83.5 Å². The second-order valence-corrected chi connectivity index (χ2v) is 7.75. The van der Waals surface area contributed by atoms with Gasteiger partial charge < -0.3 is 19.8 Å². The minimum atomic E-state index is -4.85. The molecule has 1 heterocycles. The van der Waals surface area contributed by atoms with Gasteiger partial charge in [-0.15, -0.1) is 13.2 Å². The van der Waals surface area contributed by atoms with Crippen LogP contribution in [0.25, 0.3) is 16.6 Å². The molecule has 2 N–H and O–H groups in total. The van der Waals surface area contributed by atoms with Crippen molar-refractivity contribution in [2.75, 3.05) is 7.11 Å². The number of esters is 1. The van der Waals surface area contributed by atoms with Gasteiger partial charge in [-0.25, -0.2) is 0 Å². The van der Waals surface area contributed by atoms with Crippen LogP contribution in [-0.2, 0) is 14.9 Å². The average Bonchev–Trinajstić information content (AvgIpc) is 3.26. The lowest BCUT2D eigenvalue weighted by Gasteiger charge is -2.16. The molecular formula is C22H19F3N2O4. The van der Waals surface area contributed by atoms with Gasteiger partial charge in [0.1, 0.15) is 11.4 Å². The molecule has 1 fully saturated rings. The summed E-state index contributed by atoms with van der Waals surface area (Å²) in [6.07, 6.45) is -4.23. The second-order valence-electron chi connectivity index (χ2n) is 7.75. The number of amides is 1. The summed E-state index contributed by atoms with van der Waals surface area (Å²) in [5.41, 5.74) is 6.93. The van der Waals surface area contributed by atoms with Crippen LogP contribution in [0.15, 0.2) is 48.5 Å². The Kier molecular flexibility index (Phi) is 4.72. The molecule has 1 saturated carbocycles. The Morgan fingerprint density at radius 3 is 2.55 bits per heavy atom. The Hall–Kier alpha value is -3.49. The van der Waals surface area contributed by atoms with Crippen molar-refractivity contribution in [3.8, 4) is 11.4 Å². The van der Waals surface area contributed by atoms with E-state index in [9.17, 15) is 22.8 Å². The maximum Gasteiger partial charge on any atom is 0.573 e. The van der Waals surface area contributed by atoms with Gasteiger partial charge in [-0.1, -0.05) is 19.1 Å². The summed E-state index contributed by atoms with van der Waals surface area (Å²) in [6.45, 7) is 1.94. The predicted octanol–water partition coefficient (Wildman–Crippen LogP) is 4.08. The molecule has 31 heavy (non-hydrogen) atoms. The molecule has 0 radical (unpaired) electrons. The highest BCUT2D eigenvalue weighted by molar-refractivity contribution is 5.99. The zero-order valence-electron chi connectivity index (χ0n) is 16.7. The van der Waals surface area contributed by atoms with Crippen LogP contribution in [0.5, 0.6) is 5.75 Å². The van der Waals surface area contributed by atoms with Crippen molar-refractivity contribution < 1.29 is 32.2 Å². The number of carbonyl (C=O) groups is 2. The van der Waals surface area contributed by atoms with E-state index < -0.39 is 23.4 Å². The van der Waals surface area contributed by atoms with Gasteiger partial charge in [0.25, 0.3) is 5.91 Å². The molecule has 4 rings (SSSR count). The lowest BCUT2D eigenvalue weighted by Crippen LogP contribution is -2.17. The number of aromatic nitrogens is 1. The van der Waals surface area contributed by atoms with Crippen LogP contribution in [0.3, 0.4) is 0 Å². The molecule has 6 nitrogen and oxygen atoms in total. The molecule has 0 aliphatic heterocycles. The van der Waals surface area contributed by atoms with Gasteiger partial charge in [-0.3, -0.25) is 9.59 Å². The molecule has 2 unspecified atom stereocenters. The summed E-state index contributed by atoms with van der Waals surface area (Å²) < 4.78 is 48.4. The van der Waals surface area contributed by atoms with Crippen LogP contribution in [-0.4, -0.2) is 29.9 Å². The fourth-order valence-corrected chi connectivity index (χ4v) is 4.01. The molecule has 0 bridgehead atoms. The monoisotopic (exact) mass is 432 g/mol. The number of alkyl halides is 3. The highest BCUT2D eigenvalue weighted by Gasteiger charge is 2.56. The number of halogens is 3. The Balaban J connectivity index is 1.84. The lowest BCUT2D eigenvalue weighted by atomic mass is 9.95. The van der Waals surface area contributed by atoms with E-state index in [-0.39, 0.29) is 17.6 Å². The molecule has 1 amide bonds. The first kappa shape index (κ1) is 20.8. The molecule has 2 aromatic carbocycles. The van der Waals surface area contributed by atoms with Gasteiger partial charge in [-0.2, -0.15) is 0 Å². The minimum Gasteiger partial charge on any atom is -0.469 e. The molecule has 2 atom stereocenters. The van der Waals surface area contributed by atoms with Crippen LogP contribution in [0.4, 0.5) is 13.2 Å². The van der Waals surface area contributed by atoms with Gasteiger partial charge in [0.2, 0.25) is 0 Å². The standard InChI is InChI=1S/C22H19F3N2O4/c1-21(11-16(21)20(29)30-2)13-4-3-5-14(9-13)27-17-10-15(31-22(23,24)25)7-6-12(17)8-18(27)19(26)28/h3-10,16H,11H2,1-2H3,(H2,26,28). The highest BCUT2D eigenvalue weighted by Crippen LogP contribution is 2.54. The molecule has 3 aromatic rings. The van der Waals surface area contributed by atoms with Crippen LogP contribution in [0.1, 0.15) is 29.4 Å². The van der Waals surface area contributed by atoms with Crippen molar-refractivity contribution in [3.05, 3.63) is 59.8 Å². The first-order valence-electron chi connectivity index (χ1n) is 9.43. The van der Waals surface area contributed by atoms with E-state index in [2.05, 4.69) is 4.74 Å².